The van der Waals surface area contributed by atoms with Crippen molar-refractivity contribution >= 4 is 17.3 Å². The van der Waals surface area contributed by atoms with Gasteiger partial charge in [-0.1, -0.05) is 17.7 Å². The van der Waals surface area contributed by atoms with Gasteiger partial charge in [0.05, 0.1) is 0 Å². The number of benzene rings is 2. The summed E-state index contributed by atoms with van der Waals surface area (Å²) in [5.41, 5.74) is 9.84. The minimum absolute atomic E-state index is 0.0997. The Morgan fingerprint density at radius 2 is 1.72 bits per heavy atom. The zero-order valence-electron chi connectivity index (χ0n) is 10.5. The Morgan fingerprint density at radius 1 is 1.06 bits per heavy atom. The molecule has 0 unspecified atom stereocenters. The standard InChI is InChI=1S/C15H16N2O/c1-10-3-8-14(11(2)9-10)15(18)17-13-6-4-12(16)5-7-13/h3-9H,16H2,1-2H3,(H,17,18). The van der Waals surface area contributed by atoms with Crippen LogP contribution in [0.5, 0.6) is 0 Å². The van der Waals surface area contributed by atoms with Gasteiger partial charge < -0.3 is 11.1 Å². The van der Waals surface area contributed by atoms with Crippen LogP contribution in [-0.2, 0) is 0 Å². The van der Waals surface area contributed by atoms with Crippen LogP contribution in [0.25, 0.3) is 0 Å². The van der Waals surface area contributed by atoms with Crippen LogP contribution < -0.4 is 11.1 Å². The largest absolute Gasteiger partial charge is 0.399 e. The van der Waals surface area contributed by atoms with Gasteiger partial charge in [-0.2, -0.15) is 0 Å². The lowest BCUT2D eigenvalue weighted by Gasteiger charge is -2.08. The number of carbonyl (C=O) groups excluding carboxylic acids is 1. The van der Waals surface area contributed by atoms with Crippen LogP contribution in [0.15, 0.2) is 42.5 Å². The number of nitrogens with two attached hydrogens (primary N) is 1. The normalized spacial score (nSPS) is 10.1. The number of nitrogens with one attached hydrogen (secondary N) is 1. The number of hydrogen-bond acceptors (Lipinski definition) is 2. The van der Waals surface area contributed by atoms with Crippen molar-refractivity contribution in [2.24, 2.45) is 0 Å². The van der Waals surface area contributed by atoms with Crippen LogP contribution in [0.4, 0.5) is 11.4 Å². The van der Waals surface area contributed by atoms with E-state index in [-0.39, 0.29) is 5.91 Å². The quantitative estimate of drug-likeness (QED) is 0.792. The third-order valence-electron chi connectivity index (χ3n) is 2.80. The van der Waals surface area contributed by atoms with Crippen molar-refractivity contribution in [2.75, 3.05) is 11.1 Å². The van der Waals surface area contributed by atoms with Gasteiger partial charge in [0.1, 0.15) is 0 Å². The Morgan fingerprint density at radius 3 is 2.33 bits per heavy atom. The van der Waals surface area contributed by atoms with Crippen LogP contribution in [0.1, 0.15) is 21.5 Å². The van der Waals surface area contributed by atoms with Gasteiger partial charge in [-0.15, -0.1) is 0 Å². The zero-order chi connectivity index (χ0) is 13.1. The van der Waals surface area contributed by atoms with E-state index in [2.05, 4.69) is 5.32 Å². The van der Waals surface area contributed by atoms with Gasteiger partial charge in [-0.25, -0.2) is 0 Å². The summed E-state index contributed by atoms with van der Waals surface area (Å²) in [4.78, 5) is 12.1. The van der Waals surface area contributed by atoms with Gasteiger partial charge >= 0.3 is 0 Å². The molecule has 0 fully saturated rings. The monoisotopic (exact) mass is 240 g/mol. The maximum atomic E-state index is 12.1. The molecule has 0 aliphatic heterocycles. The average Bonchev–Trinajstić information content (AvgIpc) is 2.32. The average molecular weight is 240 g/mol. The second kappa shape index (κ2) is 4.92. The number of hydrogen-bond donors (Lipinski definition) is 2. The number of amides is 1. The lowest BCUT2D eigenvalue weighted by Crippen LogP contribution is -2.13. The molecule has 0 saturated heterocycles. The van der Waals surface area contributed by atoms with E-state index in [4.69, 9.17) is 5.73 Å². The first kappa shape index (κ1) is 12.2. The molecular formula is C15H16N2O. The molecule has 0 radical (unpaired) electrons. The predicted molar refractivity (Wildman–Crippen MR) is 74.7 cm³/mol. The summed E-state index contributed by atoms with van der Waals surface area (Å²) < 4.78 is 0. The third kappa shape index (κ3) is 2.69. The Labute approximate surface area is 107 Å². The maximum Gasteiger partial charge on any atom is 0.255 e. The number of nitrogen functional groups attached to an aromatic ring is 1. The van der Waals surface area contributed by atoms with Crippen LogP contribution >= 0.6 is 0 Å². The number of carbonyl (C=O) groups is 1. The van der Waals surface area contributed by atoms with Crippen LogP contribution in [0.2, 0.25) is 0 Å². The topological polar surface area (TPSA) is 55.1 Å². The summed E-state index contributed by atoms with van der Waals surface area (Å²) in [7, 11) is 0. The van der Waals surface area contributed by atoms with Gasteiger partial charge in [0, 0.05) is 16.9 Å². The highest BCUT2D eigenvalue weighted by Gasteiger charge is 2.08. The minimum Gasteiger partial charge on any atom is -0.399 e. The van der Waals surface area contributed by atoms with Crippen LogP contribution in [-0.4, -0.2) is 5.91 Å². The summed E-state index contributed by atoms with van der Waals surface area (Å²) in [5, 5.41) is 2.85. The maximum absolute atomic E-state index is 12.1. The van der Waals surface area contributed by atoms with Gasteiger partial charge in [-0.3, -0.25) is 4.79 Å². The van der Waals surface area contributed by atoms with Crippen molar-refractivity contribution in [3.05, 3.63) is 59.2 Å². The predicted octanol–water partition coefficient (Wildman–Crippen LogP) is 3.14. The van der Waals surface area contributed by atoms with Crippen molar-refractivity contribution in [3.63, 3.8) is 0 Å². The van der Waals surface area contributed by atoms with Crippen molar-refractivity contribution < 1.29 is 4.79 Å². The van der Waals surface area contributed by atoms with E-state index in [0.29, 0.717) is 11.3 Å². The van der Waals surface area contributed by atoms with Gasteiger partial charge in [-0.05, 0) is 49.7 Å². The summed E-state index contributed by atoms with van der Waals surface area (Å²) in [6.07, 6.45) is 0. The van der Waals surface area contributed by atoms with E-state index in [1.807, 2.05) is 32.0 Å². The zero-order valence-corrected chi connectivity index (χ0v) is 10.5. The van der Waals surface area contributed by atoms with E-state index < -0.39 is 0 Å². The minimum atomic E-state index is -0.0997. The Hall–Kier alpha value is -2.29. The molecule has 18 heavy (non-hydrogen) atoms. The first-order valence-corrected chi connectivity index (χ1v) is 5.80. The molecule has 0 aromatic heterocycles. The number of rotatable bonds is 2. The fraction of sp³-hybridized carbons (Fsp3) is 0.133. The van der Waals surface area contributed by atoms with Crippen molar-refractivity contribution in [3.8, 4) is 0 Å². The smallest absolute Gasteiger partial charge is 0.255 e. The van der Waals surface area contributed by atoms with Crippen molar-refractivity contribution in [1.82, 2.24) is 0 Å². The molecule has 92 valence electrons. The SMILES string of the molecule is Cc1ccc(C(=O)Nc2ccc(N)cc2)c(C)c1. The van der Waals surface area contributed by atoms with Crippen LogP contribution in [0.3, 0.4) is 0 Å². The molecule has 0 atom stereocenters. The Kier molecular flexibility index (Phi) is 3.33. The highest BCUT2D eigenvalue weighted by molar-refractivity contribution is 6.05. The van der Waals surface area contributed by atoms with E-state index in [9.17, 15) is 4.79 Å². The molecular weight excluding hydrogens is 224 g/mol. The second-order valence-corrected chi connectivity index (χ2v) is 4.39. The molecule has 3 heteroatoms. The molecule has 0 aliphatic rings. The van der Waals surface area contributed by atoms with Gasteiger partial charge in [0.25, 0.3) is 5.91 Å². The molecule has 0 bridgehead atoms. The lowest BCUT2D eigenvalue weighted by molar-refractivity contribution is 0.102. The van der Waals surface area contributed by atoms with E-state index in [1.54, 1.807) is 24.3 Å². The molecule has 2 aromatic carbocycles. The van der Waals surface area contributed by atoms with Gasteiger partial charge in [0.15, 0.2) is 0 Å². The molecule has 0 saturated carbocycles. The number of anilines is 2. The van der Waals surface area contributed by atoms with Crippen molar-refractivity contribution in [1.29, 1.82) is 0 Å². The Balaban J connectivity index is 2.19. The molecule has 1 amide bonds. The fourth-order valence-electron chi connectivity index (χ4n) is 1.83. The summed E-state index contributed by atoms with van der Waals surface area (Å²) in [6, 6.07) is 12.9. The van der Waals surface area contributed by atoms with E-state index in [0.717, 1.165) is 16.8 Å². The second-order valence-electron chi connectivity index (χ2n) is 4.39. The summed E-state index contributed by atoms with van der Waals surface area (Å²) >= 11 is 0. The number of aryl methyl sites for hydroxylation is 2. The van der Waals surface area contributed by atoms with E-state index >= 15 is 0 Å². The molecule has 3 nitrogen and oxygen atoms in total. The van der Waals surface area contributed by atoms with Crippen LogP contribution in [0, 0.1) is 13.8 Å². The molecule has 0 heterocycles. The first-order chi connectivity index (χ1) is 8.56. The van der Waals surface area contributed by atoms with Gasteiger partial charge in [0.2, 0.25) is 0 Å². The third-order valence-corrected chi connectivity index (χ3v) is 2.80. The van der Waals surface area contributed by atoms with E-state index in [1.165, 1.54) is 0 Å². The lowest BCUT2D eigenvalue weighted by atomic mass is 10.1. The molecule has 2 aromatic rings. The highest BCUT2D eigenvalue weighted by Crippen LogP contribution is 2.15. The van der Waals surface area contributed by atoms with Crippen molar-refractivity contribution in [2.45, 2.75) is 13.8 Å². The highest BCUT2D eigenvalue weighted by atomic mass is 16.1. The molecule has 3 N–H and O–H groups in total. The molecule has 2 rings (SSSR count). The Bertz CT molecular complexity index is 574. The first-order valence-electron chi connectivity index (χ1n) is 5.80. The summed E-state index contributed by atoms with van der Waals surface area (Å²) in [6.45, 7) is 3.94. The molecule has 0 aliphatic carbocycles. The fourth-order valence-corrected chi connectivity index (χ4v) is 1.83. The summed E-state index contributed by atoms with van der Waals surface area (Å²) in [5.74, 6) is -0.0997. The molecule has 0 spiro atoms.